The highest BCUT2D eigenvalue weighted by Gasteiger charge is 2.47. The first-order chi connectivity index (χ1) is 28.8. The normalized spacial score (nSPS) is 15.7. The first-order valence-corrected chi connectivity index (χ1v) is 21.1. The second-order valence-corrected chi connectivity index (χ2v) is 17.9. The Morgan fingerprint density at radius 2 is 1.03 bits per heavy atom. The highest BCUT2D eigenvalue weighted by atomic mass is 16.3. The standard InChI is InChI=1S/C57H47NO/c1-55(2)33-34-56(3,4)49-35-38(31-32-47(49)55)44-36-45-42-25-14-16-27-46(42)57(39-19-8-5-9-20-39,40-21-10-6-11-22-40)48(45)37-51(44)58(41-23-12-7-13-24-41)50-28-18-30-53-54(50)43-26-15-17-29-52(43)59-53/h5-32,35-37H,33-34H2,1-4H3. The molecule has 9 aromatic rings. The van der Waals surface area contributed by atoms with Gasteiger partial charge in [-0.25, -0.2) is 0 Å². The minimum absolute atomic E-state index is 0.0561. The average Bonchev–Trinajstić information content (AvgIpc) is 3.80. The molecular formula is C57H47NO. The van der Waals surface area contributed by atoms with Gasteiger partial charge in [0.1, 0.15) is 11.2 Å². The number of nitrogens with zero attached hydrogens (tertiary/aromatic N) is 1. The fraction of sp³-hybridized carbons (Fsp3) is 0.158. The van der Waals surface area contributed by atoms with Gasteiger partial charge in [-0.2, -0.15) is 0 Å². The molecule has 0 saturated carbocycles. The van der Waals surface area contributed by atoms with Crippen molar-refractivity contribution < 1.29 is 4.42 Å². The summed E-state index contributed by atoms with van der Waals surface area (Å²) in [7, 11) is 0. The van der Waals surface area contributed by atoms with Gasteiger partial charge in [-0.15, -0.1) is 0 Å². The highest BCUT2D eigenvalue weighted by molar-refractivity contribution is 6.14. The summed E-state index contributed by atoms with van der Waals surface area (Å²) in [6.45, 7) is 9.69. The number of para-hydroxylation sites is 2. The Morgan fingerprint density at radius 1 is 0.424 bits per heavy atom. The molecule has 8 aromatic carbocycles. The molecule has 2 nitrogen and oxygen atoms in total. The summed E-state index contributed by atoms with van der Waals surface area (Å²) in [5.41, 5.74) is 17.7. The fourth-order valence-corrected chi connectivity index (χ4v) is 10.6. The molecule has 0 atom stereocenters. The van der Waals surface area contributed by atoms with Gasteiger partial charge in [0.25, 0.3) is 0 Å². The van der Waals surface area contributed by atoms with Crippen LogP contribution in [-0.4, -0.2) is 0 Å². The van der Waals surface area contributed by atoms with Gasteiger partial charge in [-0.3, -0.25) is 0 Å². The van der Waals surface area contributed by atoms with Gasteiger partial charge in [0.05, 0.1) is 22.2 Å². The van der Waals surface area contributed by atoms with Crippen LogP contribution in [-0.2, 0) is 16.2 Å². The summed E-state index contributed by atoms with van der Waals surface area (Å²) in [4.78, 5) is 2.50. The van der Waals surface area contributed by atoms with E-state index in [0.717, 1.165) is 45.4 Å². The van der Waals surface area contributed by atoms with Gasteiger partial charge in [-0.1, -0.05) is 173 Å². The molecule has 11 rings (SSSR count). The van der Waals surface area contributed by atoms with E-state index in [9.17, 15) is 0 Å². The number of benzene rings is 8. The zero-order valence-electron chi connectivity index (χ0n) is 34.2. The van der Waals surface area contributed by atoms with Gasteiger partial charge < -0.3 is 9.32 Å². The lowest BCUT2D eigenvalue weighted by atomic mass is 9.63. The number of fused-ring (bicyclic) bond motifs is 7. The molecule has 0 saturated heterocycles. The van der Waals surface area contributed by atoms with Crippen LogP contribution >= 0.6 is 0 Å². The minimum atomic E-state index is -0.555. The van der Waals surface area contributed by atoms with E-state index in [1.807, 2.05) is 0 Å². The third-order valence-corrected chi connectivity index (χ3v) is 13.6. The van der Waals surface area contributed by atoms with Crippen LogP contribution in [0, 0.1) is 0 Å². The van der Waals surface area contributed by atoms with E-state index < -0.39 is 5.41 Å². The maximum atomic E-state index is 6.57. The monoisotopic (exact) mass is 761 g/mol. The van der Waals surface area contributed by atoms with Crippen LogP contribution in [0.25, 0.3) is 44.2 Å². The van der Waals surface area contributed by atoms with Crippen molar-refractivity contribution in [3.05, 3.63) is 221 Å². The number of furan rings is 1. The summed E-state index contributed by atoms with van der Waals surface area (Å²) in [5, 5.41) is 2.21. The third kappa shape index (κ3) is 5.32. The summed E-state index contributed by atoms with van der Waals surface area (Å²) in [5.74, 6) is 0. The maximum absolute atomic E-state index is 6.57. The molecular weight excluding hydrogens is 715 g/mol. The van der Waals surface area contributed by atoms with E-state index in [1.54, 1.807) is 0 Å². The van der Waals surface area contributed by atoms with Crippen LogP contribution in [0.2, 0.25) is 0 Å². The molecule has 1 aromatic heterocycles. The van der Waals surface area contributed by atoms with E-state index in [0.29, 0.717) is 0 Å². The molecule has 0 fully saturated rings. The van der Waals surface area contributed by atoms with Crippen molar-refractivity contribution in [1.82, 2.24) is 0 Å². The molecule has 0 radical (unpaired) electrons. The molecule has 286 valence electrons. The van der Waals surface area contributed by atoms with Crippen molar-refractivity contribution in [2.24, 2.45) is 0 Å². The molecule has 59 heavy (non-hydrogen) atoms. The number of hydrogen-bond donors (Lipinski definition) is 0. The Morgan fingerprint density at radius 3 is 1.76 bits per heavy atom. The lowest BCUT2D eigenvalue weighted by Crippen LogP contribution is -2.33. The average molecular weight is 762 g/mol. The van der Waals surface area contributed by atoms with E-state index in [1.165, 1.54) is 62.1 Å². The Bertz CT molecular complexity index is 3010. The summed E-state index contributed by atoms with van der Waals surface area (Å²) < 4.78 is 6.57. The van der Waals surface area contributed by atoms with Gasteiger partial charge in [0, 0.05) is 16.6 Å². The van der Waals surface area contributed by atoms with Crippen molar-refractivity contribution in [3.8, 4) is 22.3 Å². The Labute approximate surface area is 347 Å². The lowest BCUT2D eigenvalue weighted by Gasteiger charge is -2.42. The van der Waals surface area contributed by atoms with Crippen molar-refractivity contribution in [3.63, 3.8) is 0 Å². The Kier molecular flexibility index (Phi) is 7.94. The molecule has 2 aliphatic rings. The molecule has 0 N–H and O–H groups in total. The zero-order chi connectivity index (χ0) is 39.9. The molecule has 0 amide bonds. The second-order valence-electron chi connectivity index (χ2n) is 17.9. The molecule has 2 aliphatic carbocycles. The summed E-state index contributed by atoms with van der Waals surface area (Å²) in [6, 6.07) is 69.6. The summed E-state index contributed by atoms with van der Waals surface area (Å²) in [6.07, 6.45) is 2.34. The fourth-order valence-electron chi connectivity index (χ4n) is 10.6. The van der Waals surface area contributed by atoms with E-state index in [4.69, 9.17) is 4.42 Å². The van der Waals surface area contributed by atoms with Crippen molar-refractivity contribution in [2.75, 3.05) is 4.90 Å². The molecule has 0 spiro atoms. The molecule has 2 heteroatoms. The van der Waals surface area contributed by atoms with E-state index >= 15 is 0 Å². The van der Waals surface area contributed by atoms with Gasteiger partial charge in [-0.05, 0) is 116 Å². The Balaban J connectivity index is 1.30. The van der Waals surface area contributed by atoms with Crippen LogP contribution in [0.1, 0.15) is 73.9 Å². The zero-order valence-corrected chi connectivity index (χ0v) is 34.2. The molecule has 0 aliphatic heterocycles. The molecule has 0 unspecified atom stereocenters. The van der Waals surface area contributed by atoms with Crippen LogP contribution < -0.4 is 4.90 Å². The van der Waals surface area contributed by atoms with Crippen molar-refractivity contribution >= 4 is 39.0 Å². The first-order valence-electron chi connectivity index (χ1n) is 21.1. The number of rotatable bonds is 6. The first kappa shape index (κ1) is 35.5. The lowest BCUT2D eigenvalue weighted by molar-refractivity contribution is 0.332. The number of hydrogen-bond acceptors (Lipinski definition) is 2. The third-order valence-electron chi connectivity index (χ3n) is 13.6. The van der Waals surface area contributed by atoms with Crippen molar-refractivity contribution in [2.45, 2.75) is 56.8 Å². The summed E-state index contributed by atoms with van der Waals surface area (Å²) >= 11 is 0. The van der Waals surface area contributed by atoms with Crippen LogP contribution in [0.15, 0.2) is 192 Å². The van der Waals surface area contributed by atoms with Gasteiger partial charge in [0.15, 0.2) is 0 Å². The smallest absolute Gasteiger partial charge is 0.137 e. The van der Waals surface area contributed by atoms with Gasteiger partial charge >= 0.3 is 0 Å². The predicted octanol–water partition coefficient (Wildman–Crippen LogP) is 15.4. The largest absolute Gasteiger partial charge is 0.456 e. The maximum Gasteiger partial charge on any atom is 0.137 e. The van der Waals surface area contributed by atoms with E-state index in [2.05, 4.69) is 221 Å². The minimum Gasteiger partial charge on any atom is -0.456 e. The second kappa shape index (κ2) is 13.2. The highest BCUT2D eigenvalue weighted by Crippen LogP contribution is 2.59. The molecule has 1 heterocycles. The Hall–Kier alpha value is -6.64. The quantitative estimate of drug-likeness (QED) is 0.168. The van der Waals surface area contributed by atoms with Crippen molar-refractivity contribution in [1.29, 1.82) is 0 Å². The topological polar surface area (TPSA) is 16.4 Å². The predicted molar refractivity (Wildman–Crippen MR) is 246 cm³/mol. The molecule has 0 bridgehead atoms. The van der Waals surface area contributed by atoms with Crippen LogP contribution in [0.3, 0.4) is 0 Å². The van der Waals surface area contributed by atoms with Crippen LogP contribution in [0.5, 0.6) is 0 Å². The SMILES string of the molecule is CC1(C)CCC(C)(C)c2cc(-c3cc4c(cc3N(c3ccccc3)c3cccc5oc6ccccc6c35)C(c3ccccc3)(c3ccccc3)c3ccccc3-4)ccc21. The number of anilines is 3. The van der Waals surface area contributed by atoms with E-state index in [-0.39, 0.29) is 10.8 Å². The van der Waals surface area contributed by atoms with Gasteiger partial charge in [0.2, 0.25) is 0 Å². The van der Waals surface area contributed by atoms with Crippen LogP contribution in [0.4, 0.5) is 17.1 Å².